The normalized spacial score (nSPS) is 24.6. The van der Waals surface area contributed by atoms with Gasteiger partial charge in [0.15, 0.2) is 0 Å². The lowest BCUT2D eigenvalue weighted by atomic mass is 9.92. The molecule has 0 aromatic carbocycles. The van der Waals surface area contributed by atoms with Crippen LogP contribution in [0.5, 0.6) is 0 Å². The highest BCUT2D eigenvalue weighted by Gasteiger charge is 2.40. The smallest absolute Gasteiger partial charge is 0.281 e. The van der Waals surface area contributed by atoms with Gasteiger partial charge >= 0.3 is 0 Å². The van der Waals surface area contributed by atoms with E-state index in [4.69, 9.17) is 0 Å². The van der Waals surface area contributed by atoms with Crippen molar-refractivity contribution in [2.24, 2.45) is 5.92 Å². The van der Waals surface area contributed by atoms with Gasteiger partial charge in [0, 0.05) is 44.6 Å². The minimum Gasteiger partial charge on any atom is -0.396 e. The van der Waals surface area contributed by atoms with Gasteiger partial charge in [-0.05, 0) is 22.4 Å². The molecule has 2 atom stereocenters. The summed E-state index contributed by atoms with van der Waals surface area (Å²) in [5, 5.41) is 13.6. The third-order valence-electron chi connectivity index (χ3n) is 3.97. The van der Waals surface area contributed by atoms with Crippen molar-refractivity contribution in [3.8, 4) is 0 Å². The summed E-state index contributed by atoms with van der Waals surface area (Å²) < 4.78 is 28.1. The van der Waals surface area contributed by atoms with E-state index in [2.05, 4.69) is 0 Å². The molecule has 0 spiro atoms. The molecule has 0 bridgehead atoms. The molecule has 0 unspecified atom stereocenters. The average Bonchev–Trinajstić information content (AvgIpc) is 3.08. The summed E-state index contributed by atoms with van der Waals surface area (Å²) in [7, 11) is -3.41. The summed E-state index contributed by atoms with van der Waals surface area (Å²) in [6.07, 6.45) is 0. The zero-order valence-electron chi connectivity index (χ0n) is 11.9. The first-order chi connectivity index (χ1) is 9.54. The first kappa shape index (κ1) is 15.9. The number of aliphatic hydroxyl groups is 1. The van der Waals surface area contributed by atoms with Gasteiger partial charge in [-0.15, -0.1) is 0 Å². The fourth-order valence-corrected chi connectivity index (χ4v) is 5.21. The Hall–Kier alpha value is -0.470. The first-order valence-electron chi connectivity index (χ1n) is 6.92. The lowest BCUT2D eigenvalue weighted by Crippen LogP contribution is -2.42. The molecule has 114 valence electrons. The lowest BCUT2D eigenvalue weighted by Gasteiger charge is -2.25. The predicted molar refractivity (Wildman–Crippen MR) is 81.0 cm³/mol. The van der Waals surface area contributed by atoms with E-state index in [-0.39, 0.29) is 18.4 Å². The minimum atomic E-state index is -3.41. The Morgan fingerprint density at radius 2 is 2.10 bits per heavy atom. The summed E-state index contributed by atoms with van der Waals surface area (Å²) in [6.45, 7) is 5.51. The molecule has 0 aliphatic carbocycles. The highest BCUT2D eigenvalue weighted by Crippen LogP contribution is 2.35. The third-order valence-corrected chi connectivity index (χ3v) is 6.79. The molecule has 1 saturated heterocycles. The van der Waals surface area contributed by atoms with Gasteiger partial charge in [-0.25, -0.2) is 0 Å². The molecular formula is C13H22N2O3S2. The van der Waals surface area contributed by atoms with E-state index >= 15 is 0 Å². The van der Waals surface area contributed by atoms with Gasteiger partial charge in [-0.2, -0.15) is 28.4 Å². The third kappa shape index (κ3) is 2.92. The highest BCUT2D eigenvalue weighted by molar-refractivity contribution is 7.86. The number of hydrogen-bond donors (Lipinski definition) is 1. The molecule has 1 aliphatic rings. The molecule has 5 nitrogen and oxygen atoms in total. The second kappa shape index (κ2) is 6.53. The topological polar surface area (TPSA) is 60.9 Å². The fourth-order valence-electron chi connectivity index (χ4n) is 2.78. The van der Waals surface area contributed by atoms with Crippen molar-refractivity contribution in [3.05, 3.63) is 22.4 Å². The van der Waals surface area contributed by atoms with Crippen LogP contribution in [0.3, 0.4) is 0 Å². The van der Waals surface area contributed by atoms with Crippen molar-refractivity contribution >= 4 is 21.5 Å². The largest absolute Gasteiger partial charge is 0.396 e. The van der Waals surface area contributed by atoms with Gasteiger partial charge in [-0.3, -0.25) is 0 Å². The Kier molecular flexibility index (Phi) is 5.19. The molecular weight excluding hydrogens is 296 g/mol. The predicted octanol–water partition coefficient (Wildman–Crippen LogP) is 1.34. The maximum atomic E-state index is 12.5. The van der Waals surface area contributed by atoms with Crippen LogP contribution in [0.1, 0.15) is 25.3 Å². The summed E-state index contributed by atoms with van der Waals surface area (Å²) in [5.41, 5.74) is 1.13. The SMILES string of the molecule is CCN(CC)S(=O)(=O)N1C[C@@H](CO)[C@@H](c2ccsc2)C1. The molecule has 2 heterocycles. The number of thiophene rings is 1. The fraction of sp³-hybridized carbons (Fsp3) is 0.692. The molecule has 7 heteroatoms. The van der Waals surface area contributed by atoms with E-state index < -0.39 is 10.2 Å². The molecule has 1 aromatic heterocycles. The Labute approximate surface area is 125 Å². The highest BCUT2D eigenvalue weighted by atomic mass is 32.2. The van der Waals surface area contributed by atoms with Crippen LogP contribution < -0.4 is 0 Å². The minimum absolute atomic E-state index is 0.0186. The van der Waals surface area contributed by atoms with Crippen molar-refractivity contribution in [2.45, 2.75) is 19.8 Å². The van der Waals surface area contributed by atoms with Gasteiger partial charge < -0.3 is 5.11 Å². The van der Waals surface area contributed by atoms with Crippen LogP contribution in [0.4, 0.5) is 0 Å². The van der Waals surface area contributed by atoms with Gasteiger partial charge in [-0.1, -0.05) is 13.8 Å². The molecule has 0 amide bonds. The summed E-state index contributed by atoms with van der Waals surface area (Å²) >= 11 is 1.60. The van der Waals surface area contributed by atoms with E-state index in [9.17, 15) is 13.5 Å². The Bertz CT molecular complexity index is 512. The second-order valence-electron chi connectivity index (χ2n) is 5.01. The number of aliphatic hydroxyl groups excluding tert-OH is 1. The lowest BCUT2D eigenvalue weighted by molar-refractivity contribution is 0.222. The molecule has 1 aromatic rings. The van der Waals surface area contributed by atoms with Crippen LogP contribution in [0.25, 0.3) is 0 Å². The summed E-state index contributed by atoms with van der Waals surface area (Å²) in [5.74, 6) is 0.0755. The quantitative estimate of drug-likeness (QED) is 0.861. The zero-order valence-corrected chi connectivity index (χ0v) is 13.5. The maximum Gasteiger partial charge on any atom is 0.281 e. The van der Waals surface area contributed by atoms with E-state index in [1.165, 1.54) is 8.61 Å². The maximum absolute atomic E-state index is 12.5. The van der Waals surface area contributed by atoms with Crippen LogP contribution >= 0.6 is 11.3 Å². The van der Waals surface area contributed by atoms with Crippen molar-refractivity contribution in [1.82, 2.24) is 8.61 Å². The van der Waals surface area contributed by atoms with Crippen molar-refractivity contribution in [1.29, 1.82) is 0 Å². The van der Waals surface area contributed by atoms with Gasteiger partial charge in [0.25, 0.3) is 10.2 Å². The van der Waals surface area contributed by atoms with E-state index in [0.717, 1.165) is 5.56 Å². The molecule has 2 rings (SSSR count). The van der Waals surface area contributed by atoms with Gasteiger partial charge in [0.05, 0.1) is 0 Å². The van der Waals surface area contributed by atoms with Gasteiger partial charge in [0.2, 0.25) is 0 Å². The molecule has 0 saturated carbocycles. The summed E-state index contributed by atoms with van der Waals surface area (Å²) in [4.78, 5) is 0. The van der Waals surface area contributed by atoms with Crippen LogP contribution in [-0.4, -0.2) is 54.9 Å². The van der Waals surface area contributed by atoms with Crippen LogP contribution in [0, 0.1) is 5.92 Å². The standard InChI is InChI=1S/C13H22N2O3S2/c1-3-14(4-2)20(17,18)15-7-12(9-16)13(8-15)11-5-6-19-10-11/h5-6,10,12-13,16H,3-4,7-9H2,1-2H3/t12-,13+/m0/s1. The van der Waals surface area contributed by atoms with Crippen molar-refractivity contribution < 1.29 is 13.5 Å². The number of nitrogens with zero attached hydrogens (tertiary/aromatic N) is 2. The Morgan fingerprint density at radius 3 is 2.60 bits per heavy atom. The van der Waals surface area contributed by atoms with Crippen molar-refractivity contribution in [2.75, 3.05) is 32.8 Å². The summed E-state index contributed by atoms with van der Waals surface area (Å²) in [6, 6.07) is 2.02. The van der Waals surface area contributed by atoms with Crippen LogP contribution in [0.2, 0.25) is 0 Å². The molecule has 0 radical (unpaired) electrons. The van der Waals surface area contributed by atoms with Crippen molar-refractivity contribution in [3.63, 3.8) is 0 Å². The second-order valence-corrected chi connectivity index (χ2v) is 7.72. The number of rotatable bonds is 6. The van der Waals surface area contributed by atoms with Crippen LogP contribution in [-0.2, 0) is 10.2 Å². The Balaban J connectivity index is 2.20. The monoisotopic (exact) mass is 318 g/mol. The van der Waals surface area contributed by atoms with E-state index in [0.29, 0.717) is 26.2 Å². The number of hydrogen-bond acceptors (Lipinski definition) is 4. The average molecular weight is 318 g/mol. The molecule has 1 aliphatic heterocycles. The molecule has 20 heavy (non-hydrogen) atoms. The molecule has 1 fully saturated rings. The van der Waals surface area contributed by atoms with E-state index in [1.807, 2.05) is 30.7 Å². The van der Waals surface area contributed by atoms with E-state index in [1.54, 1.807) is 11.3 Å². The Morgan fingerprint density at radius 1 is 1.40 bits per heavy atom. The first-order valence-corrected chi connectivity index (χ1v) is 9.26. The molecule has 1 N–H and O–H groups in total. The van der Waals surface area contributed by atoms with Crippen LogP contribution in [0.15, 0.2) is 16.8 Å². The van der Waals surface area contributed by atoms with Gasteiger partial charge in [0.1, 0.15) is 0 Å². The zero-order chi connectivity index (χ0) is 14.8.